The Labute approximate surface area is 378 Å². The first-order valence-electron chi connectivity index (χ1n) is 16.0. The fraction of sp³-hybridized carbons (Fsp3) is 0.0652. The number of nitrogens with one attached hydrogen (secondary N) is 1. The molecule has 1 amide bonds. The van der Waals surface area contributed by atoms with Crippen LogP contribution in [0.15, 0.2) is 76.1 Å². The van der Waals surface area contributed by atoms with Crippen LogP contribution in [0.1, 0.15) is 37.2 Å². The molecule has 0 spiro atoms. The zero-order valence-electron chi connectivity index (χ0n) is 31.1. The number of furan rings is 1. The number of nitrogens with zero attached hydrogens (tertiary/aromatic N) is 1. The van der Waals surface area contributed by atoms with Crippen LogP contribution in [0.2, 0.25) is 0 Å². The maximum Gasteiger partial charge on any atom is 0.338 e. The van der Waals surface area contributed by atoms with Crippen molar-refractivity contribution in [3.05, 3.63) is 88.5 Å². The SMILES string of the molecule is C#CC#CC#CC#CC#CC#CC#CC#CC#CC#CC#CC.COC(=O)c1ccccc1-c1ccc(/C=C2/SC(=S)N(Cc3ccccc3)C2=O)o1.SOONOOS.[HH].[HH].[HH].[HH].[HH].[HH]. The fourth-order valence-corrected chi connectivity index (χ4v) is 5.06. The lowest BCUT2D eigenvalue weighted by Crippen LogP contribution is -2.27. The number of hydrogen-bond donors (Lipinski definition) is 3. The van der Waals surface area contributed by atoms with Crippen LogP contribution in [0.5, 0.6) is 0 Å². The second kappa shape index (κ2) is 31.6. The highest BCUT2D eigenvalue weighted by Gasteiger charge is 2.32. The quantitative estimate of drug-likeness (QED) is 0.0233. The van der Waals surface area contributed by atoms with E-state index in [4.69, 9.17) is 27.8 Å². The van der Waals surface area contributed by atoms with Gasteiger partial charge in [0.1, 0.15) is 15.8 Å². The molecule has 1 fully saturated rings. The van der Waals surface area contributed by atoms with Crippen LogP contribution in [-0.4, -0.2) is 28.2 Å². The summed E-state index contributed by atoms with van der Waals surface area (Å²) in [6.07, 6.45) is 6.58. The lowest BCUT2D eigenvalue weighted by molar-refractivity contribution is -0.414. The van der Waals surface area contributed by atoms with Gasteiger partial charge >= 0.3 is 5.97 Å². The summed E-state index contributed by atoms with van der Waals surface area (Å²) >= 11 is 12.9. The van der Waals surface area contributed by atoms with Crippen molar-refractivity contribution in [1.29, 1.82) is 0 Å². The average molecular weight is 873 g/mol. The van der Waals surface area contributed by atoms with Gasteiger partial charge in [0.2, 0.25) is 0 Å². The van der Waals surface area contributed by atoms with Gasteiger partial charge in [-0.1, -0.05) is 78.4 Å². The van der Waals surface area contributed by atoms with Crippen LogP contribution in [-0.2, 0) is 34.7 Å². The summed E-state index contributed by atoms with van der Waals surface area (Å²) in [7, 11) is 1.34. The van der Waals surface area contributed by atoms with Gasteiger partial charge in [-0.2, -0.15) is 0 Å². The standard InChI is InChI=1S/C23H17NO4S2.C23H4.H3NO4S2.6H2/c1-27-22(26)18-10-6-5-9-17(18)19-12-11-16(28-19)13-20-21(25)24(23(29)30-20)14-15-7-3-2-4-8-15;1-3-5-7-9-11-13-15-17-19-21-23-22-20-18-16-14-12-10-8-6-4-2;6-4-2-1-3-5-7;;;;;;/h2-13H,14H2,1H3;1H,2H3;1,6-7H;6*1H/b20-13+;;;;;;;;. The molecule has 1 aromatic heterocycles. The van der Waals surface area contributed by atoms with E-state index in [-0.39, 0.29) is 14.5 Å². The summed E-state index contributed by atoms with van der Waals surface area (Å²) in [6, 6.07) is 20.3. The molecule has 0 radical (unpaired) electrons. The van der Waals surface area contributed by atoms with Crippen molar-refractivity contribution >= 4 is 72.1 Å². The van der Waals surface area contributed by atoms with Gasteiger partial charge in [0.15, 0.2) is 0 Å². The van der Waals surface area contributed by atoms with Gasteiger partial charge in [0.05, 0.1) is 24.1 Å². The molecule has 0 atom stereocenters. The molecule has 2 heterocycles. The Morgan fingerprint density at radius 3 is 1.78 bits per heavy atom. The lowest BCUT2D eigenvalue weighted by Gasteiger charge is -2.14. The van der Waals surface area contributed by atoms with Gasteiger partial charge in [-0.05, 0) is 131 Å². The van der Waals surface area contributed by atoms with Gasteiger partial charge < -0.3 is 9.15 Å². The van der Waals surface area contributed by atoms with Crippen LogP contribution in [0.4, 0.5) is 0 Å². The number of esters is 1. The number of thiol groups is 2. The average Bonchev–Trinajstić information content (AvgIpc) is 3.85. The molecular formula is C46H36N2O8S4. The molecule has 14 heteroatoms. The highest BCUT2D eigenvalue weighted by molar-refractivity contribution is 8.26. The molecular weight excluding hydrogens is 837 g/mol. The van der Waals surface area contributed by atoms with Crippen molar-refractivity contribution in [3.63, 3.8) is 0 Å². The Hall–Kier alpha value is -7.50. The summed E-state index contributed by atoms with van der Waals surface area (Å²) in [5, 5.41) is 0. The normalized spacial score (nSPS) is 10.1. The minimum Gasteiger partial charge on any atom is -0.465 e. The molecule has 3 aromatic rings. The van der Waals surface area contributed by atoms with E-state index in [9.17, 15) is 9.59 Å². The zero-order chi connectivity index (χ0) is 43.5. The first kappa shape index (κ1) is 48.6. The van der Waals surface area contributed by atoms with Gasteiger partial charge in [-0.25, -0.2) is 4.79 Å². The third-order valence-corrected chi connectivity index (χ3v) is 7.55. The third-order valence-electron chi connectivity index (χ3n) is 6.02. The predicted octanol–water partition coefficient (Wildman–Crippen LogP) is 7.28. The van der Waals surface area contributed by atoms with Crippen LogP contribution in [0.3, 0.4) is 0 Å². The van der Waals surface area contributed by atoms with Crippen LogP contribution < -0.4 is 5.64 Å². The summed E-state index contributed by atoms with van der Waals surface area (Å²) in [5.41, 5.74) is 3.73. The molecule has 1 aliphatic rings. The minimum atomic E-state index is -0.440. The molecule has 0 aliphatic carbocycles. The Balaban J connectivity index is -0.000000311. The van der Waals surface area contributed by atoms with Crippen molar-refractivity contribution in [1.82, 2.24) is 10.5 Å². The van der Waals surface area contributed by atoms with Crippen molar-refractivity contribution in [3.8, 4) is 142 Å². The fourth-order valence-electron chi connectivity index (χ4n) is 3.77. The molecule has 1 N–H and O–H groups in total. The number of benzene rings is 2. The van der Waals surface area contributed by atoms with Crippen molar-refractivity contribution in [2.45, 2.75) is 13.5 Å². The number of hydrogen-bond acceptors (Lipinski definition) is 13. The molecule has 0 saturated carbocycles. The van der Waals surface area contributed by atoms with E-state index < -0.39 is 5.97 Å². The highest BCUT2D eigenvalue weighted by atomic mass is 32.2. The summed E-state index contributed by atoms with van der Waals surface area (Å²) in [4.78, 5) is 34.5. The van der Waals surface area contributed by atoms with Gasteiger partial charge in [0.25, 0.3) is 5.91 Å². The zero-order valence-corrected chi connectivity index (χ0v) is 34.6. The molecule has 302 valence electrons. The number of methoxy groups -OCH3 is 1. The second-order valence-electron chi connectivity index (χ2n) is 9.66. The van der Waals surface area contributed by atoms with Gasteiger partial charge in [-0.15, -0.1) is 25.1 Å². The number of thiocarbonyl (C=S) groups is 1. The smallest absolute Gasteiger partial charge is 0.338 e. The van der Waals surface area contributed by atoms with Crippen molar-refractivity contribution in [2.75, 3.05) is 7.11 Å². The molecule has 10 nitrogen and oxygen atoms in total. The summed E-state index contributed by atoms with van der Waals surface area (Å²) in [5.74, 6) is 52.3. The van der Waals surface area contributed by atoms with E-state index in [1.54, 1.807) is 53.9 Å². The van der Waals surface area contributed by atoms with E-state index in [0.717, 1.165) is 5.56 Å². The number of carbonyl (C=O) groups excluding carboxylic acids is 2. The Morgan fingerprint density at radius 2 is 1.28 bits per heavy atom. The highest BCUT2D eigenvalue weighted by Crippen LogP contribution is 2.35. The van der Waals surface area contributed by atoms with E-state index in [2.05, 4.69) is 169 Å². The first-order chi connectivity index (χ1) is 29.4. The molecule has 2 aromatic carbocycles. The van der Waals surface area contributed by atoms with E-state index in [1.807, 2.05) is 36.4 Å². The predicted molar refractivity (Wildman–Crippen MR) is 251 cm³/mol. The Kier molecular flexibility index (Phi) is 25.6. The van der Waals surface area contributed by atoms with Gasteiger partial charge in [0, 0.05) is 69.7 Å². The molecule has 0 bridgehead atoms. The first-order valence-corrected chi connectivity index (χ1v) is 18.0. The second-order valence-corrected chi connectivity index (χ2v) is 11.6. The number of thioether (sulfide) groups is 1. The number of rotatable bonds is 9. The Bertz CT molecular complexity index is 2790. The van der Waals surface area contributed by atoms with E-state index in [0.29, 0.717) is 38.4 Å². The molecule has 1 saturated heterocycles. The van der Waals surface area contributed by atoms with E-state index in [1.165, 1.54) is 18.9 Å². The summed E-state index contributed by atoms with van der Waals surface area (Å²) < 4.78 is 18.6. The Morgan fingerprint density at radius 1 is 0.783 bits per heavy atom. The topological polar surface area (TPSA) is 109 Å². The summed E-state index contributed by atoms with van der Waals surface area (Å²) in [6.45, 7) is 2.13. The molecule has 4 rings (SSSR count). The molecule has 1 aliphatic heterocycles. The van der Waals surface area contributed by atoms with Crippen LogP contribution in [0, 0.1) is 131 Å². The van der Waals surface area contributed by atoms with Crippen LogP contribution >= 0.6 is 49.8 Å². The van der Waals surface area contributed by atoms with Crippen molar-refractivity contribution < 1.29 is 45.9 Å². The number of carbonyl (C=O) groups is 2. The monoisotopic (exact) mass is 872 g/mol. The number of terminal acetylenes is 1. The van der Waals surface area contributed by atoms with E-state index >= 15 is 0 Å². The van der Waals surface area contributed by atoms with Crippen LogP contribution in [0.25, 0.3) is 17.4 Å². The minimum absolute atomic E-state index is 0. The molecule has 0 unspecified atom stereocenters. The maximum absolute atomic E-state index is 12.8. The third kappa shape index (κ3) is 20.1. The number of amides is 1. The lowest BCUT2D eigenvalue weighted by atomic mass is 10.1. The maximum atomic E-state index is 12.8. The van der Waals surface area contributed by atoms with Crippen molar-refractivity contribution in [2.24, 2.45) is 0 Å². The van der Waals surface area contributed by atoms with Gasteiger partial charge in [-0.3, -0.25) is 9.69 Å². The molecule has 60 heavy (non-hydrogen) atoms. The number of ether oxygens (including phenoxy) is 1. The largest absolute Gasteiger partial charge is 0.465 e.